The molecule has 0 unspecified atom stereocenters. The molecule has 1 aliphatic carbocycles. The molecule has 234 valence electrons. The van der Waals surface area contributed by atoms with E-state index in [0.717, 1.165) is 61.2 Å². The average molecular weight is 648 g/mol. The first kappa shape index (κ1) is 31.2. The van der Waals surface area contributed by atoms with E-state index in [4.69, 9.17) is 18.2 Å². The largest absolute Gasteiger partial charge is 0.343 e. The first-order valence-corrected chi connectivity index (χ1v) is 17.3. The van der Waals surface area contributed by atoms with Crippen LogP contribution in [0, 0.1) is 31.1 Å². The third-order valence-electron chi connectivity index (χ3n) is 9.11. The number of aromatic nitrogens is 3. The van der Waals surface area contributed by atoms with Gasteiger partial charge in [-0.25, -0.2) is 26.6 Å². The van der Waals surface area contributed by atoms with Crippen molar-refractivity contribution < 1.29 is 17.6 Å². The Bertz CT molecular complexity index is 1900. The maximum atomic E-state index is 15.5. The lowest BCUT2D eigenvalue weighted by atomic mass is 9.77. The number of likely N-dealkylation sites (tertiary alicyclic amines) is 1. The lowest BCUT2D eigenvalue weighted by Gasteiger charge is -2.32. The van der Waals surface area contributed by atoms with E-state index in [9.17, 15) is 13.2 Å². The number of hydrogen-bond donors (Lipinski definition) is 0. The van der Waals surface area contributed by atoms with Crippen molar-refractivity contribution in [2.45, 2.75) is 69.6 Å². The number of carbonyl (C=O) groups is 1. The number of pyridine rings is 2. The number of benzene rings is 1. The van der Waals surface area contributed by atoms with E-state index in [1.807, 2.05) is 11.8 Å². The second-order valence-electron chi connectivity index (χ2n) is 12.3. The van der Waals surface area contributed by atoms with Gasteiger partial charge in [-0.3, -0.25) is 9.78 Å². The topological polar surface area (TPSA) is 89.5 Å². The fourth-order valence-electron chi connectivity index (χ4n) is 6.76. The first-order valence-electron chi connectivity index (χ1n) is 15.5. The van der Waals surface area contributed by atoms with E-state index in [1.54, 1.807) is 18.2 Å². The van der Waals surface area contributed by atoms with Crippen LogP contribution < -0.4 is 0 Å². The molecule has 0 spiro atoms. The van der Waals surface area contributed by atoms with E-state index >= 15 is 4.39 Å². The molecule has 2 fully saturated rings. The van der Waals surface area contributed by atoms with Gasteiger partial charge in [-0.2, -0.15) is 0 Å². The molecule has 0 N–H and O–H groups in total. The summed E-state index contributed by atoms with van der Waals surface area (Å²) in [5.41, 5.74) is 1.75. The second kappa shape index (κ2) is 12.9. The third kappa shape index (κ3) is 6.47. The molecule has 3 aromatic heterocycles. The minimum Gasteiger partial charge on any atom is -0.343 e. The summed E-state index contributed by atoms with van der Waals surface area (Å²) in [5.74, 6) is 0.0494. The van der Waals surface area contributed by atoms with Gasteiger partial charge in [0.25, 0.3) is 10.0 Å². The maximum Gasteiger partial charge on any atom is 0.269 e. The van der Waals surface area contributed by atoms with Gasteiger partial charge in [0.15, 0.2) is 5.65 Å². The number of nitrogens with zero attached hydrogens (tertiary/aromatic N) is 5. The Morgan fingerprint density at radius 2 is 1.82 bits per heavy atom. The molecule has 1 saturated heterocycles. The van der Waals surface area contributed by atoms with Gasteiger partial charge in [0.05, 0.1) is 27.9 Å². The molecule has 2 aliphatic rings. The van der Waals surface area contributed by atoms with Crippen LogP contribution >= 0.6 is 11.6 Å². The molecule has 2 atom stereocenters. The number of aryl methyl sites for hydroxylation is 1. The van der Waals surface area contributed by atoms with E-state index in [0.29, 0.717) is 23.8 Å². The summed E-state index contributed by atoms with van der Waals surface area (Å²) in [5, 5.41) is 0.676. The van der Waals surface area contributed by atoms with Crippen molar-refractivity contribution in [1.29, 1.82) is 0 Å². The molecule has 4 aromatic rings. The van der Waals surface area contributed by atoms with Crippen LogP contribution in [0.2, 0.25) is 5.02 Å². The number of carbonyl (C=O) groups excluding carboxylic acids is 1. The molecule has 1 amide bonds. The van der Waals surface area contributed by atoms with Gasteiger partial charge >= 0.3 is 0 Å². The van der Waals surface area contributed by atoms with Gasteiger partial charge < -0.3 is 4.90 Å². The molecule has 1 aliphatic heterocycles. The Morgan fingerprint density at radius 3 is 2.56 bits per heavy atom. The zero-order valence-corrected chi connectivity index (χ0v) is 26.7. The molecule has 11 heteroatoms. The molecular formula is C34H35ClFN5O3S. The summed E-state index contributed by atoms with van der Waals surface area (Å²) in [6.07, 6.45) is 10.6. The summed E-state index contributed by atoms with van der Waals surface area (Å²) >= 11 is 6.31. The Balaban J connectivity index is 1.33. The van der Waals surface area contributed by atoms with E-state index in [-0.39, 0.29) is 50.4 Å². The van der Waals surface area contributed by atoms with Crippen LogP contribution in [0.15, 0.2) is 53.7 Å². The summed E-state index contributed by atoms with van der Waals surface area (Å²) in [4.78, 5) is 27.6. The summed E-state index contributed by atoms with van der Waals surface area (Å²) in [7, 11) is -4.07. The second-order valence-corrected chi connectivity index (χ2v) is 14.6. The lowest BCUT2D eigenvalue weighted by Crippen LogP contribution is -2.37. The minimum absolute atomic E-state index is 0.0309. The quantitative estimate of drug-likeness (QED) is 0.192. The van der Waals surface area contributed by atoms with E-state index < -0.39 is 15.8 Å². The highest BCUT2D eigenvalue weighted by Gasteiger charge is 2.29. The fraction of sp³-hybridized carbons (Fsp3) is 0.412. The van der Waals surface area contributed by atoms with Crippen molar-refractivity contribution in [3.05, 3.63) is 82.3 Å². The zero-order chi connectivity index (χ0) is 31.7. The number of rotatable bonds is 7. The number of halogens is 2. The van der Waals surface area contributed by atoms with Crippen molar-refractivity contribution in [1.82, 2.24) is 18.8 Å². The van der Waals surface area contributed by atoms with Gasteiger partial charge in [-0.15, -0.1) is 0 Å². The predicted molar refractivity (Wildman–Crippen MR) is 172 cm³/mol. The van der Waals surface area contributed by atoms with Crippen molar-refractivity contribution >= 4 is 44.3 Å². The third-order valence-corrected chi connectivity index (χ3v) is 11.0. The normalized spacial score (nSPS) is 19.0. The van der Waals surface area contributed by atoms with Gasteiger partial charge in [0, 0.05) is 42.9 Å². The fourth-order valence-corrected chi connectivity index (χ4v) is 8.24. The van der Waals surface area contributed by atoms with Crippen LogP contribution in [0.4, 0.5) is 10.1 Å². The zero-order valence-electron chi connectivity index (χ0n) is 25.2. The Labute approximate surface area is 268 Å². The van der Waals surface area contributed by atoms with Crippen LogP contribution in [-0.4, -0.2) is 46.3 Å². The lowest BCUT2D eigenvalue weighted by molar-refractivity contribution is -0.133. The molecule has 8 nitrogen and oxygen atoms in total. The van der Waals surface area contributed by atoms with Gasteiger partial charge in [0.1, 0.15) is 5.82 Å². The molecule has 45 heavy (non-hydrogen) atoms. The van der Waals surface area contributed by atoms with Crippen LogP contribution in [0.3, 0.4) is 0 Å². The SMILES string of the molecule is [C-]#[N+]c1cc(F)c(C[C@H]2CCC[C@@H](CC(=O)N3CCCCC3)C2)nc1-c1cn(S(=O)(=O)c2ccc(C)cc2)c2ncc(Cl)cc12. The smallest absolute Gasteiger partial charge is 0.269 e. The predicted octanol–water partition coefficient (Wildman–Crippen LogP) is 7.74. The van der Waals surface area contributed by atoms with Gasteiger partial charge in [-0.1, -0.05) is 42.1 Å². The van der Waals surface area contributed by atoms with Gasteiger partial charge in [0.2, 0.25) is 11.6 Å². The monoisotopic (exact) mass is 647 g/mol. The summed E-state index contributed by atoms with van der Waals surface area (Å²) in [6.45, 7) is 11.3. The molecular weight excluding hydrogens is 613 g/mol. The molecule has 0 bridgehead atoms. The van der Waals surface area contributed by atoms with Crippen LogP contribution in [0.1, 0.15) is 62.6 Å². The average Bonchev–Trinajstić information content (AvgIpc) is 3.42. The van der Waals surface area contributed by atoms with Crippen LogP contribution in [0.25, 0.3) is 27.1 Å². The molecule has 6 rings (SSSR count). The van der Waals surface area contributed by atoms with Crippen molar-refractivity contribution in [2.75, 3.05) is 13.1 Å². The molecule has 4 heterocycles. The standard InChI is InChI=1S/C34H35ClFN5O3S/c1-22-9-11-26(12-10-22)45(43,44)41-21-28(27-18-25(35)20-38-34(27)41)33-31(37-2)19-29(36)30(39-33)16-23-7-6-8-24(15-23)17-32(42)40-13-4-3-5-14-40/h9-12,18-21,23-24H,3-8,13-17H2,1H3/t23-,24+/m0/s1. The van der Waals surface area contributed by atoms with Crippen molar-refractivity contribution in [3.63, 3.8) is 0 Å². The number of amides is 1. The highest BCUT2D eigenvalue weighted by molar-refractivity contribution is 7.90. The molecule has 1 saturated carbocycles. The highest BCUT2D eigenvalue weighted by atomic mass is 35.5. The Kier molecular flexibility index (Phi) is 8.94. The summed E-state index contributed by atoms with van der Waals surface area (Å²) in [6, 6.07) is 9.26. The number of hydrogen-bond acceptors (Lipinski definition) is 5. The maximum absolute atomic E-state index is 15.5. The van der Waals surface area contributed by atoms with E-state index in [2.05, 4.69) is 14.8 Å². The number of piperidine rings is 1. The summed E-state index contributed by atoms with van der Waals surface area (Å²) < 4.78 is 44.0. The molecule has 0 radical (unpaired) electrons. The van der Waals surface area contributed by atoms with Crippen molar-refractivity contribution in [3.8, 4) is 11.3 Å². The van der Waals surface area contributed by atoms with Gasteiger partial charge in [-0.05, 0) is 81.5 Å². The minimum atomic E-state index is -4.07. The van der Waals surface area contributed by atoms with Crippen LogP contribution in [0.5, 0.6) is 0 Å². The van der Waals surface area contributed by atoms with E-state index in [1.165, 1.54) is 37.0 Å². The molecule has 1 aromatic carbocycles. The van der Waals surface area contributed by atoms with Crippen LogP contribution in [-0.2, 0) is 21.2 Å². The first-order chi connectivity index (χ1) is 21.6. The number of fused-ring (bicyclic) bond motifs is 1. The van der Waals surface area contributed by atoms with Crippen molar-refractivity contribution in [2.24, 2.45) is 11.8 Å². The Morgan fingerprint density at radius 1 is 1.09 bits per heavy atom. The Hall–Kier alpha value is -3.81. The highest BCUT2D eigenvalue weighted by Crippen LogP contribution is 2.39.